The number of hydrogen-bond donors (Lipinski definition) is 1. The van der Waals surface area contributed by atoms with Gasteiger partial charge in [0, 0.05) is 18.7 Å². The number of sulfonamides is 1. The van der Waals surface area contributed by atoms with Crippen molar-refractivity contribution < 1.29 is 22.7 Å². The molecule has 0 radical (unpaired) electrons. The van der Waals surface area contributed by atoms with Gasteiger partial charge in [-0.25, -0.2) is 8.42 Å². The summed E-state index contributed by atoms with van der Waals surface area (Å²) in [4.78, 5) is 24.3. The molecular weight excluding hydrogens is 358 g/mol. The number of nitrogens with one attached hydrogen (secondary N) is 1. The monoisotopic (exact) mass is 377 g/mol. The molecule has 2 atom stereocenters. The van der Waals surface area contributed by atoms with Crippen molar-refractivity contribution in [3.05, 3.63) is 35.4 Å². The van der Waals surface area contributed by atoms with Gasteiger partial charge in [-0.3, -0.25) is 9.59 Å². The lowest BCUT2D eigenvalue weighted by Crippen LogP contribution is -2.49. The molecule has 0 fully saturated rings. The third-order valence-electron chi connectivity index (χ3n) is 4.14. The molecule has 26 heavy (non-hydrogen) atoms. The first-order chi connectivity index (χ1) is 12.1. The molecule has 1 aromatic rings. The molecule has 1 unspecified atom stereocenters. The number of ether oxygens (including phenoxy) is 1. The molecular formula is C17H19N3O5S. The van der Waals surface area contributed by atoms with E-state index in [2.05, 4.69) is 0 Å². The maximum atomic E-state index is 12.4. The molecule has 0 aromatic heterocycles. The molecule has 8 nitrogen and oxygen atoms in total. The number of carbonyl (C=O) groups is 2. The minimum Gasteiger partial charge on any atom is -0.456 e. The van der Waals surface area contributed by atoms with Gasteiger partial charge in [0.15, 0.2) is 12.4 Å². The zero-order valence-electron chi connectivity index (χ0n) is 14.4. The van der Waals surface area contributed by atoms with E-state index in [9.17, 15) is 18.0 Å². The van der Waals surface area contributed by atoms with Crippen LogP contribution in [0, 0.1) is 22.7 Å². The zero-order valence-corrected chi connectivity index (χ0v) is 15.2. The predicted octanol–water partition coefficient (Wildman–Crippen LogP) is 0.665. The number of hydrogen-bond acceptors (Lipinski definition) is 7. The van der Waals surface area contributed by atoms with E-state index in [1.165, 1.54) is 6.92 Å². The highest BCUT2D eigenvalue weighted by Gasteiger charge is 2.38. The third-order valence-corrected chi connectivity index (χ3v) is 5.38. The number of nitriles is 1. The van der Waals surface area contributed by atoms with Gasteiger partial charge in [-0.05, 0) is 18.1 Å². The van der Waals surface area contributed by atoms with E-state index in [0.717, 1.165) is 21.7 Å². The van der Waals surface area contributed by atoms with E-state index >= 15 is 0 Å². The average molecular weight is 377 g/mol. The van der Waals surface area contributed by atoms with Crippen molar-refractivity contribution in [2.75, 3.05) is 12.9 Å². The van der Waals surface area contributed by atoms with Gasteiger partial charge < -0.3 is 10.1 Å². The van der Waals surface area contributed by atoms with Crippen LogP contribution in [-0.4, -0.2) is 49.1 Å². The number of benzene rings is 1. The maximum absolute atomic E-state index is 12.4. The first-order valence-electron chi connectivity index (χ1n) is 7.82. The Hall–Kier alpha value is -2.57. The highest BCUT2D eigenvalue weighted by atomic mass is 32.2. The summed E-state index contributed by atoms with van der Waals surface area (Å²) in [6.07, 6.45) is 1.15. The van der Waals surface area contributed by atoms with E-state index in [4.69, 9.17) is 15.4 Å². The number of carbonyl (C=O) groups excluding carboxylic acids is 2. The van der Waals surface area contributed by atoms with Gasteiger partial charge in [-0.2, -0.15) is 9.57 Å². The molecule has 138 valence electrons. The molecule has 1 N–H and O–H groups in total. The van der Waals surface area contributed by atoms with Gasteiger partial charge >= 0.3 is 5.97 Å². The van der Waals surface area contributed by atoms with Crippen molar-refractivity contribution in [1.29, 1.82) is 10.7 Å². The Morgan fingerprint density at radius 1 is 1.38 bits per heavy atom. The van der Waals surface area contributed by atoms with Crippen LogP contribution >= 0.6 is 0 Å². The minimum atomic E-state index is -3.67. The summed E-state index contributed by atoms with van der Waals surface area (Å²) in [5.41, 5.74) is 1.51. The fourth-order valence-electron chi connectivity index (χ4n) is 2.78. The van der Waals surface area contributed by atoms with Crippen molar-refractivity contribution in [3.63, 3.8) is 0 Å². The Balaban J connectivity index is 2.17. The first-order valence-corrected chi connectivity index (χ1v) is 9.67. The van der Waals surface area contributed by atoms with Gasteiger partial charge in [0.2, 0.25) is 10.0 Å². The van der Waals surface area contributed by atoms with Crippen molar-refractivity contribution in [2.45, 2.75) is 25.9 Å². The van der Waals surface area contributed by atoms with Gasteiger partial charge in [0.1, 0.15) is 12.0 Å². The first kappa shape index (κ1) is 19.8. The van der Waals surface area contributed by atoms with Crippen LogP contribution in [0.4, 0.5) is 0 Å². The summed E-state index contributed by atoms with van der Waals surface area (Å²) in [6.45, 7) is 0.684. The van der Waals surface area contributed by atoms with Crippen molar-refractivity contribution in [2.24, 2.45) is 5.92 Å². The highest BCUT2D eigenvalue weighted by molar-refractivity contribution is 7.88. The number of fused-ring (bicyclic) bond motifs is 1. The standard InChI is InChI=1S/C17H19N3O5S/c1-11(19)14(8-18)16(21)10-25-17(22)15-7-12-5-3-4-6-13(12)9-20(15)26(2,23)24/h3-6,14-15,19H,7,9-10H2,1-2H3/t14?,15-/m0/s1. The summed E-state index contributed by atoms with van der Waals surface area (Å²) >= 11 is 0. The number of rotatable bonds is 6. The normalized spacial score (nSPS) is 18.3. The lowest BCUT2D eigenvalue weighted by molar-refractivity contribution is -0.152. The Kier molecular flexibility index (Phi) is 5.90. The van der Waals surface area contributed by atoms with Crippen LogP contribution in [0.15, 0.2) is 24.3 Å². The Morgan fingerprint density at radius 2 is 2.00 bits per heavy atom. The zero-order chi connectivity index (χ0) is 19.5. The van der Waals surface area contributed by atoms with Crippen molar-refractivity contribution in [1.82, 2.24) is 4.31 Å². The summed E-state index contributed by atoms with van der Waals surface area (Å²) in [6, 6.07) is 7.80. The molecule has 0 saturated heterocycles. The van der Waals surface area contributed by atoms with Gasteiger partial charge in [-0.1, -0.05) is 24.3 Å². The average Bonchev–Trinajstić information content (AvgIpc) is 2.58. The predicted molar refractivity (Wildman–Crippen MR) is 92.8 cm³/mol. The maximum Gasteiger partial charge on any atom is 0.325 e. The minimum absolute atomic E-state index is 0.0448. The summed E-state index contributed by atoms with van der Waals surface area (Å²) in [5.74, 6) is -2.84. The highest BCUT2D eigenvalue weighted by Crippen LogP contribution is 2.26. The lowest BCUT2D eigenvalue weighted by Gasteiger charge is -2.33. The van der Waals surface area contributed by atoms with E-state index in [0.29, 0.717) is 0 Å². The second kappa shape index (κ2) is 7.76. The fourth-order valence-corrected chi connectivity index (χ4v) is 3.78. The molecule has 0 saturated carbocycles. The van der Waals surface area contributed by atoms with Crippen molar-refractivity contribution >= 4 is 27.5 Å². The van der Waals surface area contributed by atoms with Crippen LogP contribution in [0.1, 0.15) is 18.1 Å². The second-order valence-corrected chi connectivity index (χ2v) is 8.05. The lowest BCUT2D eigenvalue weighted by atomic mass is 9.96. The van der Waals surface area contributed by atoms with E-state index < -0.39 is 40.3 Å². The topological polar surface area (TPSA) is 128 Å². The molecule has 0 amide bonds. The quantitative estimate of drug-likeness (QED) is 0.573. The number of nitrogens with zero attached hydrogens (tertiary/aromatic N) is 2. The van der Waals surface area contributed by atoms with Crippen LogP contribution in [-0.2, 0) is 37.3 Å². The number of esters is 1. The largest absolute Gasteiger partial charge is 0.456 e. The Labute approximate surface area is 151 Å². The number of Topliss-reactive ketones (excluding diaryl/α,β-unsaturated/α-hetero) is 1. The SMILES string of the molecule is CC(=N)C(C#N)C(=O)COC(=O)[C@@H]1Cc2ccccc2CN1S(C)(=O)=O. The van der Waals surface area contributed by atoms with E-state index in [1.807, 2.05) is 6.07 Å². The molecule has 2 rings (SSSR count). The van der Waals surface area contributed by atoms with Crippen LogP contribution in [0.2, 0.25) is 0 Å². The molecule has 0 aliphatic carbocycles. The second-order valence-electron chi connectivity index (χ2n) is 6.12. The van der Waals surface area contributed by atoms with E-state index in [1.54, 1.807) is 24.3 Å². The van der Waals surface area contributed by atoms with Crippen molar-refractivity contribution in [3.8, 4) is 6.07 Å². The summed E-state index contributed by atoms with van der Waals surface area (Å²) in [7, 11) is -3.67. The molecule has 1 aromatic carbocycles. The molecule has 9 heteroatoms. The number of ketones is 1. The summed E-state index contributed by atoms with van der Waals surface area (Å²) < 4.78 is 30.2. The molecule has 1 aliphatic heterocycles. The van der Waals surface area contributed by atoms with E-state index in [-0.39, 0.29) is 18.7 Å². The van der Waals surface area contributed by atoms with Crippen LogP contribution in [0.3, 0.4) is 0 Å². The van der Waals surface area contributed by atoms with Gasteiger partial charge in [0.25, 0.3) is 0 Å². The van der Waals surface area contributed by atoms with Crippen LogP contribution in [0.5, 0.6) is 0 Å². The molecule has 1 heterocycles. The van der Waals surface area contributed by atoms with Crippen LogP contribution < -0.4 is 0 Å². The smallest absolute Gasteiger partial charge is 0.325 e. The Morgan fingerprint density at radius 3 is 2.54 bits per heavy atom. The molecule has 1 aliphatic rings. The summed E-state index contributed by atoms with van der Waals surface area (Å²) in [5, 5.41) is 16.3. The third kappa shape index (κ3) is 4.33. The Bertz CT molecular complexity index is 888. The fraction of sp³-hybridized carbons (Fsp3) is 0.412. The van der Waals surface area contributed by atoms with Crippen LogP contribution in [0.25, 0.3) is 0 Å². The molecule has 0 spiro atoms. The van der Waals surface area contributed by atoms with Gasteiger partial charge in [-0.15, -0.1) is 0 Å². The molecule has 0 bridgehead atoms. The van der Waals surface area contributed by atoms with Gasteiger partial charge in [0.05, 0.1) is 12.3 Å².